The molecule has 290 valence electrons. The van der Waals surface area contributed by atoms with E-state index in [0.29, 0.717) is 30.4 Å². The van der Waals surface area contributed by atoms with Gasteiger partial charge in [-0.05, 0) is 73.0 Å². The van der Waals surface area contributed by atoms with Crippen molar-refractivity contribution in [3.05, 3.63) is 59.6 Å². The maximum atomic E-state index is 13.4. The van der Waals surface area contributed by atoms with Crippen LogP contribution in [0.25, 0.3) is 11.3 Å². The largest absolute Gasteiger partial charge is 0.453 e. The number of carbonyl (C=O) groups excluding carboxylic acids is 4. The standard InChI is InChI=1S/C38H46N8O6.2ClH/c1-23(2)31(43-37(49)51-5)35(47)45-19-9-13-29(45)33-39-21-27(41-33)12-8-7-11-25-15-17-26(18-16-25)28-22-40-34(42-28)30-14-10-20-46(30)36(48)32(24(3)4)44-38(50)52-6;;/h15-18,21-24,29-32H,9-10,13-14,19-20H2,1-6H3,(H,39,41)(H,40,42)(H,43,49)(H,44,50);2*1H/t29?,30?,31-,32-;;/m1../s1. The number of hydrogen-bond acceptors (Lipinski definition) is 8. The highest BCUT2D eigenvalue weighted by molar-refractivity contribution is 5.87. The van der Waals surface area contributed by atoms with Crippen molar-refractivity contribution in [1.29, 1.82) is 0 Å². The summed E-state index contributed by atoms with van der Waals surface area (Å²) in [6.45, 7) is 8.68. The number of ether oxygens (including phenoxy) is 2. The average molecular weight is 784 g/mol. The summed E-state index contributed by atoms with van der Waals surface area (Å²) in [4.78, 5) is 69.8. The first kappa shape index (κ1) is 43.2. The Balaban J connectivity index is 0.00000392. The van der Waals surface area contributed by atoms with E-state index >= 15 is 0 Å². The van der Waals surface area contributed by atoms with Crippen molar-refractivity contribution in [1.82, 2.24) is 40.4 Å². The van der Waals surface area contributed by atoms with Crippen molar-refractivity contribution in [2.75, 3.05) is 27.3 Å². The predicted octanol–water partition coefficient (Wildman–Crippen LogP) is 5.13. The van der Waals surface area contributed by atoms with E-state index in [-0.39, 0.29) is 60.5 Å². The van der Waals surface area contributed by atoms with Crippen molar-refractivity contribution < 1.29 is 28.7 Å². The van der Waals surface area contributed by atoms with E-state index < -0.39 is 24.3 Å². The topological polar surface area (TPSA) is 175 Å². The maximum Gasteiger partial charge on any atom is 0.407 e. The van der Waals surface area contributed by atoms with Crippen LogP contribution in [-0.2, 0) is 19.1 Å². The van der Waals surface area contributed by atoms with Crippen LogP contribution in [0.4, 0.5) is 9.59 Å². The van der Waals surface area contributed by atoms with Gasteiger partial charge in [-0.3, -0.25) is 9.59 Å². The summed E-state index contributed by atoms with van der Waals surface area (Å²) >= 11 is 0. The number of likely N-dealkylation sites (tertiary alicyclic amines) is 2. The van der Waals surface area contributed by atoms with E-state index in [2.05, 4.69) is 54.3 Å². The number of aromatic amines is 2. The van der Waals surface area contributed by atoms with Crippen LogP contribution < -0.4 is 10.6 Å². The van der Waals surface area contributed by atoms with Crippen LogP contribution in [0.3, 0.4) is 0 Å². The number of aromatic nitrogens is 4. The monoisotopic (exact) mass is 782 g/mol. The lowest BCUT2D eigenvalue weighted by molar-refractivity contribution is -0.136. The zero-order valence-electron chi connectivity index (χ0n) is 31.2. The van der Waals surface area contributed by atoms with E-state index in [1.165, 1.54) is 14.2 Å². The predicted molar refractivity (Wildman–Crippen MR) is 207 cm³/mol. The molecular formula is C38H48Cl2N8O6. The zero-order chi connectivity index (χ0) is 37.4. The van der Waals surface area contributed by atoms with Gasteiger partial charge in [0.05, 0.1) is 44.4 Å². The molecule has 4 heterocycles. The first-order valence-corrected chi connectivity index (χ1v) is 17.5. The molecule has 0 spiro atoms. The summed E-state index contributed by atoms with van der Waals surface area (Å²) in [6.07, 6.45) is 5.30. The van der Waals surface area contributed by atoms with Gasteiger partial charge in [0.2, 0.25) is 11.8 Å². The number of benzene rings is 1. The van der Waals surface area contributed by atoms with Crippen molar-refractivity contribution in [3.63, 3.8) is 0 Å². The van der Waals surface area contributed by atoms with Crippen LogP contribution in [0, 0.1) is 35.5 Å². The molecule has 2 aliphatic rings. The minimum absolute atomic E-state index is 0. The molecule has 4 atom stereocenters. The van der Waals surface area contributed by atoms with Crippen LogP contribution in [0.15, 0.2) is 36.7 Å². The Morgan fingerprint density at radius 2 is 1.22 bits per heavy atom. The summed E-state index contributed by atoms with van der Waals surface area (Å²) in [7, 11) is 2.55. The van der Waals surface area contributed by atoms with E-state index in [1.54, 1.807) is 22.2 Å². The first-order valence-electron chi connectivity index (χ1n) is 17.5. The number of halogens is 2. The fourth-order valence-electron chi connectivity index (χ4n) is 6.54. The molecule has 0 radical (unpaired) electrons. The van der Waals surface area contributed by atoms with Gasteiger partial charge in [0.25, 0.3) is 0 Å². The summed E-state index contributed by atoms with van der Waals surface area (Å²) in [5, 5.41) is 5.33. The first-order chi connectivity index (χ1) is 25.0. The molecule has 0 bridgehead atoms. The van der Waals surface area contributed by atoms with Crippen LogP contribution in [0.5, 0.6) is 0 Å². The Morgan fingerprint density at radius 1 is 0.741 bits per heavy atom. The van der Waals surface area contributed by atoms with E-state index in [1.807, 2.05) is 52.0 Å². The van der Waals surface area contributed by atoms with Crippen LogP contribution >= 0.6 is 24.8 Å². The SMILES string of the molecule is COC(=O)N[C@@H](C(=O)N1CCCC1c1ncc(C#CC#Cc2ccc(-c3cnc(C4CCCN4C(=O)[C@H](NC(=O)OC)C(C)C)[nH]3)cc2)[nH]1)C(C)C.Cl.Cl. The van der Waals surface area contributed by atoms with Gasteiger partial charge >= 0.3 is 12.2 Å². The van der Waals surface area contributed by atoms with E-state index in [4.69, 9.17) is 9.47 Å². The molecule has 2 aliphatic heterocycles. The minimum atomic E-state index is -0.703. The van der Waals surface area contributed by atoms with Gasteiger partial charge in [-0.2, -0.15) is 0 Å². The Labute approximate surface area is 328 Å². The lowest BCUT2D eigenvalue weighted by Crippen LogP contribution is -2.51. The number of hydrogen-bond donors (Lipinski definition) is 4. The fraction of sp³-hybridized carbons (Fsp3) is 0.474. The minimum Gasteiger partial charge on any atom is -0.453 e. The lowest BCUT2D eigenvalue weighted by atomic mass is 10.0. The summed E-state index contributed by atoms with van der Waals surface area (Å²) in [5.74, 6) is 12.6. The van der Waals surface area contributed by atoms with E-state index in [9.17, 15) is 19.2 Å². The molecule has 2 aromatic heterocycles. The van der Waals surface area contributed by atoms with Crippen LogP contribution in [0.1, 0.15) is 88.4 Å². The number of nitrogens with one attached hydrogen (secondary N) is 4. The quantitative estimate of drug-likeness (QED) is 0.216. The third-order valence-corrected chi connectivity index (χ3v) is 9.34. The molecule has 4 amide bonds. The normalized spacial score (nSPS) is 17.2. The highest BCUT2D eigenvalue weighted by Gasteiger charge is 2.38. The fourth-order valence-corrected chi connectivity index (χ4v) is 6.54. The van der Waals surface area contributed by atoms with Crippen molar-refractivity contribution in [2.45, 2.75) is 77.5 Å². The number of imidazole rings is 2. The van der Waals surface area contributed by atoms with Gasteiger partial charge in [0.1, 0.15) is 29.4 Å². The number of methoxy groups -OCH3 is 2. The highest BCUT2D eigenvalue weighted by Crippen LogP contribution is 2.33. The van der Waals surface area contributed by atoms with Crippen LogP contribution in [0.2, 0.25) is 0 Å². The molecule has 16 heteroatoms. The Bertz CT molecular complexity index is 1890. The van der Waals surface area contributed by atoms with Gasteiger partial charge < -0.3 is 39.9 Å². The molecule has 3 aromatic rings. The summed E-state index contributed by atoms with van der Waals surface area (Å²) in [6, 6.07) is 5.84. The Kier molecular flexibility index (Phi) is 15.8. The molecular weight excluding hydrogens is 735 g/mol. The van der Waals surface area contributed by atoms with Crippen molar-refractivity contribution >= 4 is 48.8 Å². The van der Waals surface area contributed by atoms with Gasteiger partial charge in [-0.1, -0.05) is 45.7 Å². The number of carbonyl (C=O) groups is 4. The van der Waals surface area contributed by atoms with Crippen molar-refractivity contribution in [2.24, 2.45) is 11.8 Å². The summed E-state index contributed by atoms with van der Waals surface area (Å²) < 4.78 is 9.44. The molecule has 14 nitrogen and oxygen atoms in total. The Morgan fingerprint density at radius 3 is 1.72 bits per heavy atom. The summed E-state index contributed by atoms with van der Waals surface area (Å²) in [5.41, 5.74) is 3.11. The molecule has 4 N–H and O–H groups in total. The molecule has 2 fully saturated rings. The Hall–Kier alpha value is -5.18. The van der Waals surface area contributed by atoms with E-state index in [0.717, 1.165) is 42.5 Å². The molecule has 0 aliphatic carbocycles. The smallest absolute Gasteiger partial charge is 0.407 e. The van der Waals surface area contributed by atoms with Gasteiger partial charge in [-0.25, -0.2) is 19.6 Å². The third-order valence-electron chi connectivity index (χ3n) is 9.34. The number of rotatable bonds is 9. The molecule has 0 saturated carbocycles. The number of nitrogens with zero attached hydrogens (tertiary/aromatic N) is 4. The molecule has 2 saturated heterocycles. The number of alkyl carbamates (subject to hydrolysis) is 2. The molecule has 5 rings (SSSR count). The highest BCUT2D eigenvalue weighted by atomic mass is 35.5. The molecule has 2 unspecified atom stereocenters. The molecule has 1 aromatic carbocycles. The lowest BCUT2D eigenvalue weighted by Gasteiger charge is -2.30. The van der Waals surface area contributed by atoms with Gasteiger partial charge in [-0.15, -0.1) is 24.8 Å². The maximum absolute atomic E-state index is 13.4. The van der Waals surface area contributed by atoms with Crippen molar-refractivity contribution in [3.8, 4) is 34.9 Å². The number of amides is 4. The van der Waals surface area contributed by atoms with Gasteiger partial charge in [0.15, 0.2) is 0 Å². The average Bonchev–Trinajstić information content (AvgIpc) is 3.97. The molecule has 54 heavy (non-hydrogen) atoms. The second-order valence-electron chi connectivity index (χ2n) is 13.5. The second kappa shape index (κ2) is 19.8. The second-order valence-corrected chi connectivity index (χ2v) is 13.5. The zero-order valence-corrected chi connectivity index (χ0v) is 32.9. The van der Waals surface area contributed by atoms with Gasteiger partial charge in [0, 0.05) is 18.7 Å². The third kappa shape index (κ3) is 10.3. The van der Waals surface area contributed by atoms with Crippen LogP contribution in [-0.4, -0.2) is 93.1 Å². The number of H-pyrrole nitrogens is 2.